The second-order valence-electron chi connectivity index (χ2n) is 9.87. The molecule has 0 aromatic heterocycles. The van der Waals surface area contributed by atoms with E-state index in [-0.39, 0.29) is 12.4 Å². The van der Waals surface area contributed by atoms with Gasteiger partial charge in [-0.15, -0.1) is 0 Å². The van der Waals surface area contributed by atoms with Crippen LogP contribution in [0.2, 0.25) is 51.9 Å². The Kier molecular flexibility index (Phi) is 12.2. The second-order valence-corrected chi connectivity index (χ2v) is 22.7. The number of rotatable bonds is 12. The fraction of sp³-hybridized carbons (Fsp3) is 1.00. The topological polar surface area (TPSA) is 47.9 Å². The van der Waals surface area contributed by atoms with Gasteiger partial charge in [0.05, 0.1) is 27.7 Å². The number of aliphatic hydroxyl groups is 1. The van der Waals surface area contributed by atoms with Gasteiger partial charge >= 0.3 is 8.56 Å². The lowest BCUT2D eigenvalue weighted by molar-refractivity contribution is -0.873. The van der Waals surface area contributed by atoms with Crippen LogP contribution in [0.1, 0.15) is 6.42 Å². The first-order valence-electron chi connectivity index (χ1n) is 8.98. The Balaban J connectivity index is 0. The first-order valence-corrected chi connectivity index (χ1v) is 18.3. The molecule has 0 spiro atoms. The molecule has 0 aliphatic rings. The van der Waals surface area contributed by atoms with Gasteiger partial charge in [-0.05, 0) is 58.3 Å². The van der Waals surface area contributed by atoms with Crippen LogP contribution in [0.4, 0.5) is 0 Å². The first-order chi connectivity index (χ1) is 10.5. The molecule has 0 aliphatic heterocycles. The molecular formula is C16H42ClNO4Si3. The number of hydrogen-bond acceptors (Lipinski definition) is 4. The number of aliphatic hydroxyl groups excluding tert-OH is 1. The van der Waals surface area contributed by atoms with Crippen molar-refractivity contribution in [3.8, 4) is 0 Å². The highest BCUT2D eigenvalue weighted by Crippen LogP contribution is 2.25. The quantitative estimate of drug-likeness (QED) is 0.273. The lowest BCUT2D eigenvalue weighted by atomic mass is 10.3. The van der Waals surface area contributed by atoms with Crippen molar-refractivity contribution in [3.05, 3.63) is 0 Å². The van der Waals surface area contributed by atoms with E-state index in [0.29, 0.717) is 19.8 Å². The van der Waals surface area contributed by atoms with Crippen molar-refractivity contribution in [2.75, 3.05) is 40.9 Å². The maximum atomic E-state index is 9.98. The molecule has 0 saturated heterocycles. The van der Waals surface area contributed by atoms with Gasteiger partial charge in [-0.3, -0.25) is 0 Å². The molecule has 9 heteroatoms. The molecule has 25 heavy (non-hydrogen) atoms. The van der Waals surface area contributed by atoms with Crippen LogP contribution in [0.3, 0.4) is 0 Å². The zero-order valence-corrected chi connectivity index (χ0v) is 21.9. The van der Waals surface area contributed by atoms with Gasteiger partial charge < -0.3 is 35.0 Å². The minimum Gasteiger partial charge on any atom is -1.00 e. The van der Waals surface area contributed by atoms with E-state index in [9.17, 15) is 5.11 Å². The Labute approximate surface area is 165 Å². The zero-order chi connectivity index (χ0) is 19.2. The third kappa shape index (κ3) is 17.9. The Morgan fingerprint density at radius 2 is 1.32 bits per heavy atom. The standard InChI is InChI=1S/C16H42NO4Si3.ClH/c1-17(2,3)14-16(18)15-19-12-11-13-24(10,20-22(4,5)6)21-23(7,8)9;/h16,18H,11-15H2,1-10H3;1H/q+1;/p-1. The van der Waals surface area contributed by atoms with E-state index in [4.69, 9.17) is 13.0 Å². The molecule has 0 radical (unpaired) electrons. The van der Waals surface area contributed by atoms with Crippen molar-refractivity contribution < 1.29 is 35.0 Å². The summed E-state index contributed by atoms with van der Waals surface area (Å²) in [7, 11) is 0.797. The van der Waals surface area contributed by atoms with Crippen molar-refractivity contribution in [2.45, 2.75) is 64.4 Å². The summed E-state index contributed by atoms with van der Waals surface area (Å²) in [6, 6.07) is 0.951. The van der Waals surface area contributed by atoms with E-state index in [2.05, 4.69) is 67.0 Å². The van der Waals surface area contributed by atoms with E-state index in [0.717, 1.165) is 16.9 Å². The molecule has 0 rings (SSSR count). The summed E-state index contributed by atoms with van der Waals surface area (Å²) >= 11 is 0. The predicted molar refractivity (Wildman–Crippen MR) is 110 cm³/mol. The van der Waals surface area contributed by atoms with Gasteiger partial charge in [0, 0.05) is 6.61 Å². The Morgan fingerprint density at radius 1 is 0.880 bits per heavy atom. The number of likely N-dealkylation sites (N-methyl/N-ethyl adjacent to an activating group) is 1. The molecule has 0 bridgehead atoms. The molecule has 0 fully saturated rings. The smallest absolute Gasteiger partial charge is 0.314 e. The summed E-state index contributed by atoms with van der Waals surface area (Å²) in [6.07, 6.45) is 0.513. The molecule has 0 heterocycles. The maximum Gasteiger partial charge on any atom is 0.314 e. The largest absolute Gasteiger partial charge is 1.00 e. The van der Waals surface area contributed by atoms with Gasteiger partial charge in [0.25, 0.3) is 0 Å². The van der Waals surface area contributed by atoms with Crippen LogP contribution in [-0.2, 0) is 13.0 Å². The molecule has 5 nitrogen and oxygen atoms in total. The van der Waals surface area contributed by atoms with Crippen LogP contribution < -0.4 is 12.4 Å². The van der Waals surface area contributed by atoms with E-state index in [1.165, 1.54) is 0 Å². The molecule has 1 N–H and O–H groups in total. The minimum atomic E-state index is -2.16. The predicted octanol–water partition coefficient (Wildman–Crippen LogP) is 0.239. The summed E-state index contributed by atoms with van der Waals surface area (Å²) in [5.41, 5.74) is 0. The minimum absolute atomic E-state index is 0. The van der Waals surface area contributed by atoms with Crippen LogP contribution >= 0.6 is 0 Å². The highest BCUT2D eigenvalue weighted by Gasteiger charge is 2.39. The van der Waals surface area contributed by atoms with E-state index in [1.54, 1.807) is 0 Å². The van der Waals surface area contributed by atoms with Crippen LogP contribution in [-0.4, -0.2) is 81.8 Å². The van der Waals surface area contributed by atoms with Gasteiger partial charge in [-0.1, -0.05) is 0 Å². The van der Waals surface area contributed by atoms with Crippen molar-refractivity contribution in [1.82, 2.24) is 0 Å². The Hall–Kier alpha value is 0.741. The number of nitrogens with zero attached hydrogens (tertiary/aromatic N) is 1. The monoisotopic (exact) mass is 431 g/mol. The summed E-state index contributed by atoms with van der Waals surface area (Å²) in [4.78, 5) is 0. The third-order valence-corrected chi connectivity index (χ3v) is 12.6. The van der Waals surface area contributed by atoms with Crippen molar-refractivity contribution in [1.29, 1.82) is 0 Å². The zero-order valence-electron chi connectivity index (χ0n) is 18.1. The second kappa shape index (κ2) is 10.9. The molecule has 154 valence electrons. The highest BCUT2D eigenvalue weighted by atomic mass is 35.5. The van der Waals surface area contributed by atoms with Crippen LogP contribution in [0.15, 0.2) is 0 Å². The Bertz CT molecular complexity index is 352. The summed E-state index contributed by atoms with van der Waals surface area (Å²) < 4.78 is 19.4. The molecule has 0 aliphatic carbocycles. The van der Waals surface area contributed by atoms with Crippen LogP contribution in [0.25, 0.3) is 0 Å². The van der Waals surface area contributed by atoms with E-state index < -0.39 is 31.3 Å². The van der Waals surface area contributed by atoms with Crippen molar-refractivity contribution >= 4 is 25.2 Å². The van der Waals surface area contributed by atoms with Crippen LogP contribution in [0.5, 0.6) is 0 Å². The van der Waals surface area contributed by atoms with E-state index in [1.807, 2.05) is 0 Å². The molecule has 1 atom stereocenters. The molecule has 1 unspecified atom stereocenters. The van der Waals surface area contributed by atoms with Crippen molar-refractivity contribution in [2.24, 2.45) is 0 Å². The molecule has 0 aromatic rings. The molecule has 0 aromatic carbocycles. The van der Waals surface area contributed by atoms with Gasteiger partial charge in [-0.2, -0.15) is 0 Å². The normalized spacial score (nSPS) is 15.0. The number of halogens is 1. The lowest BCUT2D eigenvalue weighted by Crippen LogP contribution is -3.00. The lowest BCUT2D eigenvalue weighted by Gasteiger charge is -2.38. The number of quaternary nitrogens is 1. The highest BCUT2D eigenvalue weighted by molar-refractivity contribution is 6.87. The third-order valence-electron chi connectivity index (χ3n) is 3.03. The fourth-order valence-electron chi connectivity index (χ4n) is 2.82. The van der Waals surface area contributed by atoms with Gasteiger partial charge in [0.1, 0.15) is 12.6 Å². The molecule has 0 amide bonds. The number of ether oxygens (including phenoxy) is 1. The average Bonchev–Trinajstić information content (AvgIpc) is 2.19. The summed E-state index contributed by atoms with van der Waals surface area (Å²) in [5.74, 6) is 0. The van der Waals surface area contributed by atoms with Gasteiger partial charge in [0.2, 0.25) is 0 Å². The van der Waals surface area contributed by atoms with E-state index >= 15 is 0 Å². The Morgan fingerprint density at radius 3 is 1.68 bits per heavy atom. The van der Waals surface area contributed by atoms with Gasteiger partial charge in [-0.25, -0.2) is 0 Å². The molecule has 0 saturated carbocycles. The molecular weight excluding hydrogens is 390 g/mol. The van der Waals surface area contributed by atoms with Crippen LogP contribution in [0, 0.1) is 0 Å². The summed E-state index contributed by atoms with van der Waals surface area (Å²) in [5, 5.41) is 9.98. The first kappa shape index (κ1) is 28.0. The maximum absolute atomic E-state index is 9.98. The average molecular weight is 432 g/mol. The van der Waals surface area contributed by atoms with Gasteiger partial charge in [0.15, 0.2) is 16.6 Å². The van der Waals surface area contributed by atoms with Crippen molar-refractivity contribution in [3.63, 3.8) is 0 Å². The SMILES string of the molecule is C[N+](C)(C)CC(O)COCCC[Si](C)(O[Si](C)(C)C)O[Si](C)(C)C.[Cl-]. The number of hydrogen-bond donors (Lipinski definition) is 1. The summed E-state index contributed by atoms with van der Waals surface area (Å²) in [6.45, 7) is 17.3. The fourth-order valence-corrected chi connectivity index (χ4v) is 15.3.